The molecule has 0 saturated carbocycles. The Morgan fingerprint density at radius 1 is 0.375 bits per heavy atom. The number of aliphatic hydroxyl groups is 2. The van der Waals surface area contributed by atoms with Crippen molar-refractivity contribution < 1.29 is 19.7 Å². The van der Waals surface area contributed by atoms with Crippen molar-refractivity contribution in [3.8, 4) is 44.9 Å². The summed E-state index contributed by atoms with van der Waals surface area (Å²) in [5.74, 6) is 1.27. The van der Waals surface area contributed by atoms with Gasteiger partial charge in [-0.1, -0.05) is 133 Å². The number of hydrogen-bond acceptors (Lipinski definition) is 4. The van der Waals surface area contributed by atoms with Gasteiger partial charge in [0.05, 0.1) is 18.8 Å². The molecule has 8 aromatic carbocycles. The maximum atomic E-state index is 10.1. The van der Waals surface area contributed by atoms with E-state index >= 15 is 0 Å². The lowest BCUT2D eigenvalue weighted by atomic mass is 9.85. The third-order valence-corrected chi connectivity index (χ3v) is 9.09. The molecule has 8 rings (SSSR count). The van der Waals surface area contributed by atoms with Crippen LogP contribution in [0.4, 0.5) is 0 Å². The molecule has 0 unspecified atom stereocenters. The lowest BCUT2D eigenvalue weighted by Crippen LogP contribution is -2.08. The van der Waals surface area contributed by atoms with E-state index in [4.69, 9.17) is 9.47 Å². The summed E-state index contributed by atoms with van der Waals surface area (Å²) in [6, 6.07) is 50.7. The van der Waals surface area contributed by atoms with Crippen LogP contribution in [0.15, 0.2) is 146 Å². The van der Waals surface area contributed by atoms with Crippen molar-refractivity contribution in [1.29, 1.82) is 0 Å². The van der Waals surface area contributed by atoms with Crippen LogP contribution >= 0.6 is 0 Å². The van der Waals surface area contributed by atoms with Gasteiger partial charge in [-0.25, -0.2) is 0 Å². The van der Waals surface area contributed by atoms with Gasteiger partial charge in [-0.3, -0.25) is 0 Å². The van der Waals surface area contributed by atoms with Crippen LogP contribution in [0.5, 0.6) is 11.5 Å². The summed E-state index contributed by atoms with van der Waals surface area (Å²) in [7, 11) is 0. The van der Waals surface area contributed by atoms with Crippen LogP contribution in [-0.4, -0.2) is 36.6 Å². The van der Waals surface area contributed by atoms with Crippen molar-refractivity contribution >= 4 is 43.1 Å². The summed E-state index contributed by atoms with van der Waals surface area (Å²) in [6.07, 6.45) is 0. The molecule has 234 valence electrons. The van der Waals surface area contributed by atoms with Crippen LogP contribution in [0, 0.1) is 0 Å². The zero-order valence-electron chi connectivity index (χ0n) is 26.4. The second kappa shape index (κ2) is 12.8. The largest absolute Gasteiger partial charge is 0.490 e. The van der Waals surface area contributed by atoms with Gasteiger partial charge in [0.15, 0.2) is 0 Å². The van der Waals surface area contributed by atoms with Crippen LogP contribution in [0.3, 0.4) is 0 Å². The molecule has 0 radical (unpaired) electrons. The van der Waals surface area contributed by atoms with Gasteiger partial charge >= 0.3 is 0 Å². The predicted octanol–water partition coefficient (Wildman–Crippen LogP) is 10.0. The summed E-state index contributed by atoms with van der Waals surface area (Å²) in [6.45, 7) is -0.0516. The fourth-order valence-corrected chi connectivity index (χ4v) is 7.08. The lowest BCUT2D eigenvalue weighted by Gasteiger charge is -2.25. The Morgan fingerprint density at radius 3 is 1.50 bits per heavy atom. The first-order chi connectivity index (χ1) is 23.8. The second-order valence-corrected chi connectivity index (χ2v) is 11.9. The molecule has 0 aliphatic heterocycles. The average Bonchev–Trinajstić information content (AvgIpc) is 3.15. The van der Waals surface area contributed by atoms with Crippen LogP contribution in [-0.2, 0) is 0 Å². The van der Waals surface area contributed by atoms with Gasteiger partial charge in [0.2, 0.25) is 0 Å². The molecule has 0 bridgehead atoms. The van der Waals surface area contributed by atoms with Crippen LogP contribution < -0.4 is 9.47 Å². The molecular formula is C44H34O4. The Morgan fingerprint density at radius 2 is 0.854 bits per heavy atom. The standard InChI is InChI=1S/C44H34O4/c45-23-25-47-43-39-20-8-7-19-38(39)41(44(48-26-24-46)42(43)37-22-10-15-30-12-2-5-17-34(30)37)40-28-32(27-31-13-3-6-18-35(31)40)36-21-9-14-29-11-1-4-16-33(29)36/h1-22,27-28,45-46H,23-26H2. The molecule has 0 aliphatic rings. The van der Waals surface area contributed by atoms with E-state index < -0.39 is 0 Å². The van der Waals surface area contributed by atoms with E-state index in [9.17, 15) is 10.2 Å². The topological polar surface area (TPSA) is 58.9 Å². The zero-order valence-corrected chi connectivity index (χ0v) is 26.4. The van der Waals surface area contributed by atoms with Gasteiger partial charge in [0, 0.05) is 10.9 Å². The van der Waals surface area contributed by atoms with Crippen molar-refractivity contribution in [2.75, 3.05) is 26.4 Å². The minimum atomic E-state index is -0.148. The molecule has 0 fully saturated rings. The van der Waals surface area contributed by atoms with Crippen molar-refractivity contribution in [2.24, 2.45) is 0 Å². The molecule has 0 saturated heterocycles. The number of aliphatic hydroxyl groups excluding tert-OH is 2. The van der Waals surface area contributed by atoms with E-state index in [1.165, 1.54) is 10.8 Å². The van der Waals surface area contributed by atoms with E-state index in [2.05, 4.69) is 121 Å². The minimum Gasteiger partial charge on any atom is -0.490 e. The maximum Gasteiger partial charge on any atom is 0.139 e. The normalized spacial score (nSPS) is 11.5. The van der Waals surface area contributed by atoms with Crippen LogP contribution in [0.2, 0.25) is 0 Å². The van der Waals surface area contributed by atoms with Gasteiger partial charge in [-0.2, -0.15) is 0 Å². The highest BCUT2D eigenvalue weighted by molar-refractivity contribution is 6.16. The Kier molecular flexibility index (Phi) is 7.95. The van der Waals surface area contributed by atoms with Crippen molar-refractivity contribution in [3.63, 3.8) is 0 Å². The van der Waals surface area contributed by atoms with Gasteiger partial charge in [-0.15, -0.1) is 0 Å². The highest BCUT2D eigenvalue weighted by Crippen LogP contribution is 2.53. The number of ether oxygens (including phenoxy) is 2. The molecule has 4 nitrogen and oxygen atoms in total. The van der Waals surface area contributed by atoms with Crippen LogP contribution in [0.1, 0.15) is 0 Å². The summed E-state index contributed by atoms with van der Waals surface area (Å²) in [4.78, 5) is 0. The minimum absolute atomic E-state index is 0.101. The molecule has 0 aromatic heterocycles. The quantitative estimate of drug-likeness (QED) is 0.167. The molecule has 48 heavy (non-hydrogen) atoms. The predicted molar refractivity (Wildman–Crippen MR) is 198 cm³/mol. The van der Waals surface area contributed by atoms with E-state index in [0.717, 1.165) is 65.7 Å². The second-order valence-electron chi connectivity index (χ2n) is 11.9. The molecule has 0 aliphatic carbocycles. The van der Waals surface area contributed by atoms with E-state index in [1.54, 1.807) is 0 Å². The van der Waals surface area contributed by atoms with E-state index in [-0.39, 0.29) is 26.4 Å². The lowest BCUT2D eigenvalue weighted by molar-refractivity contribution is 0.197. The number of fused-ring (bicyclic) bond motifs is 4. The third kappa shape index (κ3) is 5.12. The molecule has 0 heterocycles. The van der Waals surface area contributed by atoms with E-state index in [1.807, 2.05) is 24.3 Å². The highest BCUT2D eigenvalue weighted by Gasteiger charge is 2.27. The molecular weight excluding hydrogens is 592 g/mol. The molecule has 0 atom stereocenters. The number of benzene rings is 8. The Labute approximate surface area is 279 Å². The fourth-order valence-electron chi connectivity index (χ4n) is 7.08. The van der Waals surface area contributed by atoms with Gasteiger partial charge in [-0.05, 0) is 72.1 Å². The summed E-state index contributed by atoms with van der Waals surface area (Å²) in [5.41, 5.74) is 5.95. The summed E-state index contributed by atoms with van der Waals surface area (Å²) >= 11 is 0. The zero-order chi connectivity index (χ0) is 32.5. The van der Waals surface area contributed by atoms with Crippen molar-refractivity contribution in [2.45, 2.75) is 0 Å². The first-order valence-electron chi connectivity index (χ1n) is 16.3. The average molecular weight is 627 g/mol. The van der Waals surface area contributed by atoms with Gasteiger partial charge < -0.3 is 19.7 Å². The molecule has 4 heteroatoms. The molecule has 8 aromatic rings. The molecule has 0 amide bonds. The SMILES string of the molecule is OCCOc1c(-c2cccc3ccccc23)c(OCCO)c2ccccc2c1-c1cc(-c2cccc3ccccc23)cc2ccccc12. The molecule has 0 spiro atoms. The summed E-state index contributed by atoms with van der Waals surface area (Å²) in [5, 5.41) is 28.6. The number of rotatable bonds is 9. The van der Waals surface area contributed by atoms with Crippen LogP contribution in [0.25, 0.3) is 76.5 Å². The Balaban J connectivity index is 1.54. The maximum absolute atomic E-state index is 10.1. The number of hydrogen-bond donors (Lipinski definition) is 2. The van der Waals surface area contributed by atoms with Crippen molar-refractivity contribution in [1.82, 2.24) is 0 Å². The Hall–Kier alpha value is -5.68. The highest BCUT2D eigenvalue weighted by atomic mass is 16.5. The van der Waals surface area contributed by atoms with Gasteiger partial charge in [0.1, 0.15) is 24.7 Å². The van der Waals surface area contributed by atoms with E-state index in [0.29, 0.717) is 11.5 Å². The van der Waals surface area contributed by atoms with Gasteiger partial charge in [0.25, 0.3) is 0 Å². The fraction of sp³-hybridized carbons (Fsp3) is 0.0909. The Bertz CT molecular complexity index is 2430. The molecule has 2 N–H and O–H groups in total. The smallest absolute Gasteiger partial charge is 0.139 e. The van der Waals surface area contributed by atoms with Crippen molar-refractivity contribution in [3.05, 3.63) is 146 Å². The summed E-state index contributed by atoms with van der Waals surface area (Å²) < 4.78 is 13.1. The monoisotopic (exact) mass is 626 g/mol. The first kappa shape index (κ1) is 29.7. The third-order valence-electron chi connectivity index (χ3n) is 9.09. The first-order valence-corrected chi connectivity index (χ1v) is 16.3.